The molecule has 144 valence electrons. The number of carbonyl (C=O) groups is 1. The van der Waals surface area contributed by atoms with Crippen LogP contribution in [-0.4, -0.2) is 40.7 Å². The molecule has 0 aliphatic rings. The highest BCUT2D eigenvalue weighted by Gasteiger charge is 2.12. The van der Waals surface area contributed by atoms with E-state index in [1.165, 1.54) is 25.5 Å². The van der Waals surface area contributed by atoms with Crippen molar-refractivity contribution in [2.75, 3.05) is 13.7 Å². The van der Waals surface area contributed by atoms with E-state index in [-0.39, 0.29) is 11.5 Å². The summed E-state index contributed by atoms with van der Waals surface area (Å²) in [6, 6.07) is 9.66. The minimum atomic E-state index is -1.13. The highest BCUT2D eigenvalue weighted by molar-refractivity contribution is 9.10. The maximum Gasteiger partial charge on any atom is 0.349 e. The lowest BCUT2D eigenvalue weighted by Gasteiger charge is -2.11. The summed E-state index contributed by atoms with van der Waals surface area (Å²) in [5.41, 5.74) is -0.324. The third-order valence-electron chi connectivity index (χ3n) is 3.73. The van der Waals surface area contributed by atoms with Gasteiger partial charge < -0.3 is 19.6 Å². The summed E-state index contributed by atoms with van der Waals surface area (Å²) >= 11 is 3.32. The first kappa shape index (κ1) is 19.4. The topological polar surface area (TPSA) is 123 Å². The van der Waals surface area contributed by atoms with Crippen molar-refractivity contribution in [1.29, 1.82) is 0 Å². The predicted octanol–water partition coefficient (Wildman–Crippen LogP) is 1.81. The smallest absolute Gasteiger partial charge is 0.349 e. The van der Waals surface area contributed by atoms with Crippen molar-refractivity contribution >= 4 is 39.0 Å². The van der Waals surface area contributed by atoms with Crippen LogP contribution in [0.5, 0.6) is 11.5 Å². The van der Waals surface area contributed by atoms with Gasteiger partial charge in [0, 0.05) is 10.0 Å². The molecule has 9 nitrogen and oxygen atoms in total. The van der Waals surface area contributed by atoms with Crippen LogP contribution in [0.3, 0.4) is 0 Å². The second-order valence-electron chi connectivity index (χ2n) is 5.54. The highest BCUT2D eigenvalue weighted by Crippen LogP contribution is 2.32. The van der Waals surface area contributed by atoms with Crippen LogP contribution in [0.25, 0.3) is 10.9 Å². The number of aliphatic carboxylic acids is 1. The fraction of sp³-hybridized carbons (Fsp3) is 0.111. The number of nitrogens with zero attached hydrogens (tertiary/aromatic N) is 2. The van der Waals surface area contributed by atoms with Crippen LogP contribution >= 0.6 is 15.9 Å². The lowest BCUT2D eigenvalue weighted by atomic mass is 10.2. The Morgan fingerprint density at radius 3 is 2.75 bits per heavy atom. The number of carboxylic acids is 1. The van der Waals surface area contributed by atoms with Crippen LogP contribution in [0.2, 0.25) is 0 Å². The summed E-state index contributed by atoms with van der Waals surface area (Å²) in [7, 11) is 1.40. The summed E-state index contributed by atoms with van der Waals surface area (Å²) in [5.74, 6) is -0.640. The van der Waals surface area contributed by atoms with Gasteiger partial charge in [-0.3, -0.25) is 4.79 Å². The molecule has 0 aliphatic heterocycles. The zero-order valence-electron chi connectivity index (χ0n) is 14.5. The number of carboxylic acid groups (broad SMARTS) is 1. The van der Waals surface area contributed by atoms with Crippen molar-refractivity contribution in [3.05, 3.63) is 67.3 Å². The minimum absolute atomic E-state index is 0.217. The van der Waals surface area contributed by atoms with Gasteiger partial charge in [-0.25, -0.2) is 9.59 Å². The largest absolute Gasteiger partial charge is 0.493 e. The number of nitrogens with one attached hydrogen (secondary N) is 1. The van der Waals surface area contributed by atoms with Crippen molar-refractivity contribution in [3.8, 4) is 11.5 Å². The lowest BCUT2D eigenvalue weighted by molar-refractivity contribution is -0.139. The molecule has 2 N–H and O–H groups in total. The predicted molar refractivity (Wildman–Crippen MR) is 106 cm³/mol. The number of para-hydroxylation sites is 1. The normalized spacial score (nSPS) is 11.1. The van der Waals surface area contributed by atoms with E-state index >= 15 is 0 Å². The van der Waals surface area contributed by atoms with Gasteiger partial charge in [0.2, 0.25) is 0 Å². The Hall–Kier alpha value is -3.40. The van der Waals surface area contributed by atoms with Gasteiger partial charge in [0.15, 0.2) is 18.1 Å². The number of ether oxygens (including phenoxy) is 2. The summed E-state index contributed by atoms with van der Waals surface area (Å²) in [6.45, 7) is -0.530. The van der Waals surface area contributed by atoms with Gasteiger partial charge in [0.1, 0.15) is 0 Å². The molecule has 0 amide bonds. The Morgan fingerprint density at radius 2 is 2.04 bits per heavy atom. The number of hydrogen-bond donors (Lipinski definition) is 2. The maximum atomic E-state index is 12.5. The number of rotatable bonds is 6. The molecule has 1 heterocycles. The number of fused-ring (bicyclic) bond motifs is 1. The zero-order chi connectivity index (χ0) is 20.3. The molecule has 0 saturated heterocycles. The fourth-order valence-corrected chi connectivity index (χ4v) is 2.86. The van der Waals surface area contributed by atoms with Gasteiger partial charge in [-0.15, -0.1) is 4.68 Å². The molecule has 3 aromatic rings. The van der Waals surface area contributed by atoms with Gasteiger partial charge in [0.25, 0.3) is 5.56 Å². The van der Waals surface area contributed by atoms with E-state index in [9.17, 15) is 14.4 Å². The molecule has 1 aromatic heterocycles. The van der Waals surface area contributed by atoms with Crippen molar-refractivity contribution in [1.82, 2.24) is 9.66 Å². The molecule has 10 heteroatoms. The third kappa shape index (κ3) is 3.96. The molecule has 0 spiro atoms. The molecule has 2 aromatic carbocycles. The molecule has 0 fully saturated rings. The summed E-state index contributed by atoms with van der Waals surface area (Å²) in [4.78, 5) is 37.9. The number of hydrogen-bond acceptors (Lipinski definition) is 6. The van der Waals surface area contributed by atoms with Gasteiger partial charge in [-0.05, 0) is 40.2 Å². The van der Waals surface area contributed by atoms with Crippen molar-refractivity contribution in [3.63, 3.8) is 0 Å². The zero-order valence-corrected chi connectivity index (χ0v) is 16.1. The number of aromatic amines is 1. The quantitative estimate of drug-likeness (QED) is 0.555. The molecule has 0 aliphatic carbocycles. The van der Waals surface area contributed by atoms with E-state index in [0.29, 0.717) is 20.9 Å². The average Bonchev–Trinajstić information content (AvgIpc) is 2.67. The molecule has 0 bridgehead atoms. The minimum Gasteiger partial charge on any atom is -0.493 e. The van der Waals surface area contributed by atoms with Crippen LogP contribution in [-0.2, 0) is 4.79 Å². The Balaban J connectivity index is 2.01. The van der Waals surface area contributed by atoms with Gasteiger partial charge in [0.05, 0.1) is 24.2 Å². The van der Waals surface area contributed by atoms with Gasteiger partial charge >= 0.3 is 11.7 Å². The number of aromatic nitrogens is 2. The number of H-pyrrole nitrogens is 1. The van der Waals surface area contributed by atoms with Crippen molar-refractivity contribution in [2.45, 2.75) is 0 Å². The molecule has 0 unspecified atom stereocenters. The standard InChI is InChI=1S/C18H14BrN3O6/c1-27-14-6-10(12(19)7-15(14)28-9-16(23)24)8-20-22-17(25)11-4-2-3-5-13(11)21-18(22)26/h2-8H,9H2,1H3,(H,21,26)(H,23,24). The molecular weight excluding hydrogens is 434 g/mol. The van der Waals surface area contributed by atoms with E-state index in [1.807, 2.05) is 0 Å². The first-order chi connectivity index (χ1) is 13.4. The second kappa shape index (κ2) is 8.09. The molecule has 28 heavy (non-hydrogen) atoms. The van der Waals surface area contributed by atoms with Crippen LogP contribution < -0.4 is 20.7 Å². The molecule has 0 atom stereocenters. The Labute approximate surface area is 166 Å². The van der Waals surface area contributed by atoms with Crippen LogP contribution in [0, 0.1) is 0 Å². The van der Waals surface area contributed by atoms with Crippen LogP contribution in [0.15, 0.2) is 55.6 Å². The summed E-state index contributed by atoms with van der Waals surface area (Å²) in [5, 5.41) is 13.0. The Morgan fingerprint density at radius 1 is 1.29 bits per heavy atom. The van der Waals surface area contributed by atoms with Gasteiger partial charge in [-0.2, -0.15) is 5.10 Å². The second-order valence-corrected chi connectivity index (χ2v) is 6.40. The molecule has 0 saturated carbocycles. The first-order valence-electron chi connectivity index (χ1n) is 7.91. The Kier molecular flexibility index (Phi) is 5.59. The lowest BCUT2D eigenvalue weighted by Crippen LogP contribution is -2.32. The fourth-order valence-electron chi connectivity index (χ4n) is 2.44. The van der Waals surface area contributed by atoms with E-state index < -0.39 is 23.8 Å². The van der Waals surface area contributed by atoms with Crippen LogP contribution in [0.1, 0.15) is 5.56 Å². The Bertz CT molecular complexity index is 1200. The van der Waals surface area contributed by atoms with Crippen molar-refractivity contribution in [2.24, 2.45) is 5.10 Å². The van der Waals surface area contributed by atoms with E-state index in [1.54, 1.807) is 24.3 Å². The first-order valence-corrected chi connectivity index (χ1v) is 8.70. The van der Waals surface area contributed by atoms with E-state index in [2.05, 4.69) is 26.0 Å². The number of halogens is 1. The SMILES string of the molecule is COc1cc(C=Nn2c(=O)[nH]c3ccccc3c2=O)c(Br)cc1OCC(=O)O. The van der Waals surface area contributed by atoms with Crippen molar-refractivity contribution < 1.29 is 19.4 Å². The third-order valence-corrected chi connectivity index (χ3v) is 4.42. The number of methoxy groups -OCH3 is 1. The van der Waals surface area contributed by atoms with Gasteiger partial charge in [-0.1, -0.05) is 12.1 Å². The maximum absolute atomic E-state index is 12.5. The summed E-state index contributed by atoms with van der Waals surface area (Å²) < 4.78 is 11.6. The van der Waals surface area contributed by atoms with E-state index in [0.717, 1.165) is 4.68 Å². The average molecular weight is 448 g/mol. The van der Waals surface area contributed by atoms with E-state index in [4.69, 9.17) is 14.6 Å². The molecular formula is C18H14BrN3O6. The monoisotopic (exact) mass is 447 g/mol. The number of benzene rings is 2. The summed E-state index contributed by atoms with van der Waals surface area (Å²) in [6.07, 6.45) is 1.30. The highest BCUT2D eigenvalue weighted by atomic mass is 79.9. The van der Waals surface area contributed by atoms with Crippen LogP contribution in [0.4, 0.5) is 0 Å². The molecule has 3 rings (SSSR count). The molecule has 0 radical (unpaired) electrons.